The quantitative estimate of drug-likeness (QED) is 0.516. The van der Waals surface area contributed by atoms with Crippen LogP contribution in [0.4, 0.5) is 0 Å². The van der Waals surface area contributed by atoms with Crippen molar-refractivity contribution in [3.8, 4) is 0 Å². The Kier molecular flexibility index (Phi) is 5.27. The lowest BCUT2D eigenvalue weighted by molar-refractivity contribution is 0.0955. The molecular weight excluding hydrogens is 302 g/mol. The molecule has 0 aromatic heterocycles. The van der Waals surface area contributed by atoms with Crippen molar-refractivity contribution in [2.75, 3.05) is 0 Å². The van der Waals surface area contributed by atoms with E-state index in [1.165, 1.54) is 0 Å². The SMILES string of the molecule is Cc1cccc(C(=O)NN=C(C=NO)c2cccc(Cl)c2)c1. The first-order chi connectivity index (χ1) is 10.6. The number of oxime groups is 1. The van der Waals surface area contributed by atoms with Crippen LogP contribution in [-0.4, -0.2) is 23.0 Å². The summed E-state index contributed by atoms with van der Waals surface area (Å²) in [6.45, 7) is 1.90. The van der Waals surface area contributed by atoms with Crippen molar-refractivity contribution >= 4 is 29.4 Å². The van der Waals surface area contributed by atoms with Crippen LogP contribution in [0.5, 0.6) is 0 Å². The summed E-state index contributed by atoms with van der Waals surface area (Å²) in [7, 11) is 0. The molecule has 6 heteroatoms. The molecule has 0 spiro atoms. The van der Waals surface area contributed by atoms with E-state index in [1.807, 2.05) is 13.0 Å². The molecule has 0 bridgehead atoms. The molecular formula is C16H14ClN3O2. The van der Waals surface area contributed by atoms with E-state index in [9.17, 15) is 4.79 Å². The van der Waals surface area contributed by atoms with Crippen molar-refractivity contribution in [2.24, 2.45) is 10.3 Å². The Morgan fingerprint density at radius 3 is 2.59 bits per heavy atom. The molecule has 0 aliphatic carbocycles. The van der Waals surface area contributed by atoms with Gasteiger partial charge in [-0.2, -0.15) is 5.10 Å². The lowest BCUT2D eigenvalue weighted by atomic mass is 10.1. The zero-order valence-electron chi connectivity index (χ0n) is 11.8. The van der Waals surface area contributed by atoms with Gasteiger partial charge in [-0.1, -0.05) is 46.6 Å². The highest BCUT2D eigenvalue weighted by atomic mass is 35.5. The summed E-state index contributed by atoms with van der Waals surface area (Å²) in [6, 6.07) is 14.0. The van der Waals surface area contributed by atoms with Gasteiger partial charge in [-0.05, 0) is 31.2 Å². The second-order valence-electron chi connectivity index (χ2n) is 4.56. The number of carbonyl (C=O) groups excluding carboxylic acids is 1. The van der Waals surface area contributed by atoms with Gasteiger partial charge in [0, 0.05) is 16.1 Å². The summed E-state index contributed by atoms with van der Waals surface area (Å²) >= 11 is 5.92. The highest BCUT2D eigenvalue weighted by Gasteiger charge is 2.06. The maximum Gasteiger partial charge on any atom is 0.271 e. The predicted molar refractivity (Wildman–Crippen MR) is 86.9 cm³/mol. The molecule has 112 valence electrons. The molecule has 1 amide bonds. The fourth-order valence-electron chi connectivity index (χ4n) is 1.83. The number of amides is 1. The summed E-state index contributed by atoms with van der Waals surface area (Å²) in [5, 5.41) is 16.2. The number of aryl methyl sites for hydroxylation is 1. The van der Waals surface area contributed by atoms with E-state index in [1.54, 1.807) is 42.5 Å². The summed E-state index contributed by atoms with van der Waals surface area (Å²) in [6.07, 6.45) is 1.13. The molecule has 0 aliphatic rings. The molecule has 0 atom stereocenters. The minimum absolute atomic E-state index is 0.283. The summed E-state index contributed by atoms with van der Waals surface area (Å²) in [5.41, 5.74) is 4.81. The van der Waals surface area contributed by atoms with Crippen LogP contribution < -0.4 is 5.43 Å². The number of hydrogen-bond acceptors (Lipinski definition) is 4. The number of halogens is 1. The Balaban J connectivity index is 2.22. The maximum atomic E-state index is 12.1. The number of hydrogen-bond donors (Lipinski definition) is 2. The number of carbonyl (C=O) groups is 1. The lowest BCUT2D eigenvalue weighted by Crippen LogP contribution is -2.20. The van der Waals surface area contributed by atoms with E-state index in [0.29, 0.717) is 16.1 Å². The average Bonchev–Trinajstić information content (AvgIpc) is 2.51. The molecule has 0 fully saturated rings. The van der Waals surface area contributed by atoms with Gasteiger partial charge in [0.15, 0.2) is 0 Å². The monoisotopic (exact) mass is 315 g/mol. The van der Waals surface area contributed by atoms with Crippen LogP contribution in [-0.2, 0) is 0 Å². The Morgan fingerprint density at radius 2 is 1.91 bits per heavy atom. The first-order valence-corrected chi connectivity index (χ1v) is 6.86. The summed E-state index contributed by atoms with van der Waals surface area (Å²) < 4.78 is 0. The molecule has 2 N–H and O–H groups in total. The van der Waals surface area contributed by atoms with Gasteiger partial charge in [-0.15, -0.1) is 0 Å². The standard InChI is InChI=1S/C16H14ClN3O2/c1-11-4-2-6-13(8-11)16(21)20-19-15(10-18-22)12-5-3-7-14(17)9-12/h2-10,22H,1H3,(H,20,21). The normalized spacial score (nSPS) is 11.6. The van der Waals surface area contributed by atoms with E-state index in [-0.39, 0.29) is 11.6 Å². The van der Waals surface area contributed by atoms with Crippen LogP contribution in [0.15, 0.2) is 58.8 Å². The molecule has 0 heterocycles. The second kappa shape index (κ2) is 7.38. The van der Waals surface area contributed by atoms with E-state index in [0.717, 1.165) is 11.8 Å². The number of nitrogens with zero attached hydrogens (tertiary/aromatic N) is 2. The van der Waals surface area contributed by atoms with Crippen molar-refractivity contribution in [1.82, 2.24) is 5.43 Å². The molecule has 0 aliphatic heterocycles. The minimum Gasteiger partial charge on any atom is -0.411 e. The molecule has 0 unspecified atom stereocenters. The van der Waals surface area contributed by atoms with Gasteiger partial charge in [-0.3, -0.25) is 4.79 Å². The predicted octanol–water partition coefficient (Wildman–Crippen LogP) is 3.24. The highest BCUT2D eigenvalue weighted by molar-refractivity contribution is 6.39. The molecule has 0 saturated heterocycles. The molecule has 2 aromatic rings. The number of benzene rings is 2. The van der Waals surface area contributed by atoms with Gasteiger partial charge in [0.2, 0.25) is 0 Å². The number of hydrazone groups is 1. The summed E-state index contributed by atoms with van der Waals surface area (Å²) in [5.74, 6) is -0.352. The van der Waals surface area contributed by atoms with Gasteiger partial charge in [0.1, 0.15) is 5.71 Å². The molecule has 2 aromatic carbocycles. The number of nitrogens with one attached hydrogen (secondary N) is 1. The van der Waals surface area contributed by atoms with Crippen molar-refractivity contribution in [3.05, 3.63) is 70.2 Å². The van der Waals surface area contributed by atoms with Crippen LogP contribution in [0.1, 0.15) is 21.5 Å². The van der Waals surface area contributed by atoms with Crippen LogP contribution in [0.25, 0.3) is 0 Å². The van der Waals surface area contributed by atoms with E-state index < -0.39 is 0 Å². The van der Waals surface area contributed by atoms with Gasteiger partial charge in [0.05, 0.1) is 6.21 Å². The van der Waals surface area contributed by atoms with Gasteiger partial charge < -0.3 is 5.21 Å². The third-order valence-corrected chi connectivity index (χ3v) is 3.09. The fourth-order valence-corrected chi connectivity index (χ4v) is 2.02. The molecule has 5 nitrogen and oxygen atoms in total. The maximum absolute atomic E-state index is 12.1. The van der Waals surface area contributed by atoms with Crippen LogP contribution in [0, 0.1) is 6.92 Å². The largest absolute Gasteiger partial charge is 0.411 e. The van der Waals surface area contributed by atoms with Crippen LogP contribution in [0.3, 0.4) is 0 Å². The van der Waals surface area contributed by atoms with Gasteiger partial charge in [-0.25, -0.2) is 5.43 Å². The first kappa shape index (κ1) is 15.7. The third-order valence-electron chi connectivity index (χ3n) is 2.86. The Labute approximate surface area is 132 Å². The Bertz CT molecular complexity index is 742. The van der Waals surface area contributed by atoms with Crippen LogP contribution in [0.2, 0.25) is 5.02 Å². The third kappa shape index (κ3) is 4.17. The second-order valence-corrected chi connectivity index (χ2v) is 5.00. The van der Waals surface area contributed by atoms with E-state index >= 15 is 0 Å². The highest BCUT2D eigenvalue weighted by Crippen LogP contribution is 2.11. The van der Waals surface area contributed by atoms with Crippen molar-refractivity contribution in [3.63, 3.8) is 0 Å². The van der Waals surface area contributed by atoms with Crippen molar-refractivity contribution in [1.29, 1.82) is 0 Å². The lowest BCUT2D eigenvalue weighted by Gasteiger charge is -2.04. The van der Waals surface area contributed by atoms with Crippen LogP contribution >= 0.6 is 11.6 Å². The Hall–Kier alpha value is -2.66. The summed E-state index contributed by atoms with van der Waals surface area (Å²) in [4.78, 5) is 12.1. The van der Waals surface area contributed by atoms with Gasteiger partial charge in [0.25, 0.3) is 5.91 Å². The minimum atomic E-state index is -0.352. The van der Waals surface area contributed by atoms with E-state index in [4.69, 9.17) is 16.8 Å². The topological polar surface area (TPSA) is 74.0 Å². The Morgan fingerprint density at radius 1 is 1.18 bits per heavy atom. The van der Waals surface area contributed by atoms with Crippen molar-refractivity contribution < 1.29 is 10.0 Å². The van der Waals surface area contributed by atoms with Gasteiger partial charge >= 0.3 is 0 Å². The average molecular weight is 316 g/mol. The fraction of sp³-hybridized carbons (Fsp3) is 0.0625. The molecule has 0 saturated carbocycles. The zero-order valence-corrected chi connectivity index (χ0v) is 12.6. The number of rotatable bonds is 4. The smallest absolute Gasteiger partial charge is 0.271 e. The first-order valence-electron chi connectivity index (χ1n) is 6.48. The van der Waals surface area contributed by atoms with Crippen molar-refractivity contribution in [2.45, 2.75) is 6.92 Å². The zero-order chi connectivity index (χ0) is 15.9. The molecule has 22 heavy (non-hydrogen) atoms. The molecule has 0 radical (unpaired) electrons. The van der Waals surface area contributed by atoms with E-state index in [2.05, 4.69) is 15.7 Å². The molecule has 2 rings (SSSR count).